The molecule has 0 heterocycles. The first-order valence-corrected chi connectivity index (χ1v) is 9.24. The van der Waals surface area contributed by atoms with Crippen molar-refractivity contribution in [3.63, 3.8) is 0 Å². The normalized spacial score (nSPS) is 10.5. The van der Waals surface area contributed by atoms with Crippen molar-refractivity contribution < 1.29 is 23.5 Å². The van der Waals surface area contributed by atoms with Gasteiger partial charge in [0, 0.05) is 12.8 Å². The van der Waals surface area contributed by atoms with Gasteiger partial charge in [-0.15, -0.1) is 0 Å². The molecule has 0 spiro atoms. The van der Waals surface area contributed by atoms with Crippen molar-refractivity contribution in [2.75, 3.05) is 6.61 Å². The molecular formula is C20H29FO4. The van der Waals surface area contributed by atoms with Gasteiger partial charge < -0.3 is 9.47 Å². The van der Waals surface area contributed by atoms with E-state index < -0.39 is 11.8 Å². The molecule has 0 unspecified atom stereocenters. The van der Waals surface area contributed by atoms with Gasteiger partial charge in [-0.2, -0.15) is 0 Å². The topological polar surface area (TPSA) is 52.6 Å². The molecule has 0 amide bonds. The van der Waals surface area contributed by atoms with Crippen molar-refractivity contribution >= 4 is 11.9 Å². The maximum Gasteiger partial charge on any atom is 0.311 e. The monoisotopic (exact) mass is 352 g/mol. The second-order valence-electron chi connectivity index (χ2n) is 6.10. The zero-order valence-corrected chi connectivity index (χ0v) is 15.1. The Bertz CT molecular complexity index is 516. The molecule has 1 rings (SSSR count). The molecule has 0 atom stereocenters. The lowest BCUT2D eigenvalue weighted by atomic mass is 10.1. The number of rotatable bonds is 13. The molecular weight excluding hydrogens is 323 g/mol. The molecule has 1 aromatic carbocycles. The van der Waals surface area contributed by atoms with Crippen LogP contribution < -0.4 is 4.74 Å². The molecule has 1 aromatic rings. The first-order valence-electron chi connectivity index (χ1n) is 9.24. The number of esters is 2. The lowest BCUT2D eigenvalue weighted by Gasteiger charge is -2.06. The maximum absolute atomic E-state index is 13.3. The molecule has 0 fully saturated rings. The second-order valence-corrected chi connectivity index (χ2v) is 6.10. The minimum Gasteiger partial charge on any atom is -0.466 e. The third-order valence-corrected chi connectivity index (χ3v) is 3.83. The number of carbonyl (C=O) groups excluding carboxylic acids is 2. The van der Waals surface area contributed by atoms with Crippen LogP contribution in [0, 0.1) is 5.82 Å². The Kier molecular flexibility index (Phi) is 11.3. The summed E-state index contributed by atoms with van der Waals surface area (Å²) in [6.07, 6.45) is 8.44. The Morgan fingerprint density at radius 2 is 1.52 bits per heavy atom. The van der Waals surface area contributed by atoms with Crippen LogP contribution in [0.4, 0.5) is 4.39 Å². The average Bonchev–Trinajstić information content (AvgIpc) is 2.60. The van der Waals surface area contributed by atoms with Crippen LogP contribution >= 0.6 is 0 Å². The highest BCUT2D eigenvalue weighted by atomic mass is 19.1. The van der Waals surface area contributed by atoms with Crippen molar-refractivity contribution in [1.82, 2.24) is 0 Å². The molecule has 0 bridgehead atoms. The van der Waals surface area contributed by atoms with E-state index >= 15 is 0 Å². The van der Waals surface area contributed by atoms with Gasteiger partial charge >= 0.3 is 11.9 Å². The number of para-hydroxylation sites is 1. The number of ether oxygens (including phenoxy) is 2. The summed E-state index contributed by atoms with van der Waals surface area (Å²) >= 11 is 0. The van der Waals surface area contributed by atoms with Crippen molar-refractivity contribution in [3.05, 3.63) is 30.1 Å². The van der Waals surface area contributed by atoms with Crippen molar-refractivity contribution in [2.45, 2.75) is 71.1 Å². The van der Waals surface area contributed by atoms with Crippen LogP contribution in [-0.4, -0.2) is 18.5 Å². The number of hydrogen-bond acceptors (Lipinski definition) is 4. The Labute approximate surface area is 149 Å². The largest absolute Gasteiger partial charge is 0.466 e. The van der Waals surface area contributed by atoms with Gasteiger partial charge in [-0.1, -0.05) is 51.2 Å². The van der Waals surface area contributed by atoms with Crippen LogP contribution in [-0.2, 0) is 14.3 Å². The van der Waals surface area contributed by atoms with Gasteiger partial charge in [-0.3, -0.25) is 9.59 Å². The third kappa shape index (κ3) is 10.5. The van der Waals surface area contributed by atoms with Crippen LogP contribution in [0.1, 0.15) is 71.1 Å². The van der Waals surface area contributed by atoms with Gasteiger partial charge in [-0.05, 0) is 31.4 Å². The van der Waals surface area contributed by atoms with Gasteiger partial charge in [0.25, 0.3) is 0 Å². The van der Waals surface area contributed by atoms with E-state index in [9.17, 15) is 14.0 Å². The number of hydrogen-bond donors (Lipinski definition) is 0. The lowest BCUT2D eigenvalue weighted by Crippen LogP contribution is -2.10. The summed E-state index contributed by atoms with van der Waals surface area (Å²) in [4.78, 5) is 23.2. The van der Waals surface area contributed by atoms with E-state index in [0.717, 1.165) is 12.8 Å². The smallest absolute Gasteiger partial charge is 0.311 e. The number of benzene rings is 1. The van der Waals surface area contributed by atoms with E-state index in [2.05, 4.69) is 6.92 Å². The summed E-state index contributed by atoms with van der Waals surface area (Å²) in [6.45, 7) is 2.65. The van der Waals surface area contributed by atoms with Crippen LogP contribution in [0.15, 0.2) is 24.3 Å². The Hall–Kier alpha value is -1.91. The second kappa shape index (κ2) is 13.4. The quantitative estimate of drug-likeness (QED) is 0.278. The summed E-state index contributed by atoms with van der Waals surface area (Å²) < 4.78 is 23.4. The molecule has 0 aliphatic carbocycles. The Balaban J connectivity index is 2.00. The highest BCUT2D eigenvalue weighted by molar-refractivity contribution is 5.72. The predicted octanol–water partition coefficient (Wildman–Crippen LogP) is 5.20. The minimum absolute atomic E-state index is 0.0640. The lowest BCUT2D eigenvalue weighted by molar-refractivity contribution is -0.144. The fraction of sp³-hybridized carbons (Fsp3) is 0.600. The molecule has 5 heteroatoms. The Morgan fingerprint density at radius 1 is 0.880 bits per heavy atom. The van der Waals surface area contributed by atoms with E-state index in [0.29, 0.717) is 25.9 Å². The zero-order chi connectivity index (χ0) is 18.3. The highest BCUT2D eigenvalue weighted by Gasteiger charge is 2.09. The van der Waals surface area contributed by atoms with Crippen molar-refractivity contribution in [3.8, 4) is 5.75 Å². The number of carbonyl (C=O) groups is 2. The average molecular weight is 352 g/mol. The summed E-state index contributed by atoms with van der Waals surface area (Å²) in [6, 6.07) is 5.78. The first kappa shape index (κ1) is 21.1. The van der Waals surface area contributed by atoms with Crippen molar-refractivity contribution in [1.29, 1.82) is 0 Å². The van der Waals surface area contributed by atoms with E-state index in [1.165, 1.54) is 43.9 Å². The minimum atomic E-state index is -0.561. The molecule has 0 radical (unpaired) electrons. The van der Waals surface area contributed by atoms with E-state index in [1.807, 2.05) is 0 Å². The molecule has 4 nitrogen and oxygen atoms in total. The van der Waals surface area contributed by atoms with Crippen LogP contribution in [0.3, 0.4) is 0 Å². The third-order valence-electron chi connectivity index (χ3n) is 3.83. The molecule has 0 aliphatic rings. The van der Waals surface area contributed by atoms with E-state index in [1.54, 1.807) is 6.07 Å². The zero-order valence-electron chi connectivity index (χ0n) is 15.1. The molecule has 0 saturated carbocycles. The SMILES string of the molecule is CCCCCCCCOC(=O)CCCCC(=O)Oc1ccccc1F. The fourth-order valence-corrected chi connectivity index (χ4v) is 2.38. The summed E-state index contributed by atoms with van der Waals surface area (Å²) in [5, 5.41) is 0. The fourth-order valence-electron chi connectivity index (χ4n) is 2.38. The van der Waals surface area contributed by atoms with Crippen LogP contribution in [0.25, 0.3) is 0 Å². The first-order chi connectivity index (χ1) is 12.1. The van der Waals surface area contributed by atoms with Crippen molar-refractivity contribution in [2.24, 2.45) is 0 Å². The van der Waals surface area contributed by atoms with Crippen LogP contribution in [0.5, 0.6) is 5.75 Å². The maximum atomic E-state index is 13.3. The van der Waals surface area contributed by atoms with E-state index in [-0.39, 0.29) is 18.1 Å². The van der Waals surface area contributed by atoms with Gasteiger partial charge in [0.05, 0.1) is 6.61 Å². The highest BCUT2D eigenvalue weighted by Crippen LogP contribution is 2.16. The summed E-state index contributed by atoms with van der Waals surface area (Å²) in [5.74, 6) is -1.35. The standard InChI is InChI=1S/C20H29FO4/c1-2-3-4-5-6-11-16-24-19(22)14-9-10-15-20(23)25-18-13-8-7-12-17(18)21/h7-8,12-13H,2-6,9-11,14-16H2,1H3. The molecule has 0 saturated heterocycles. The summed E-state index contributed by atoms with van der Waals surface area (Å²) in [5.41, 5.74) is 0. The van der Waals surface area contributed by atoms with E-state index in [4.69, 9.17) is 9.47 Å². The van der Waals surface area contributed by atoms with Crippen LogP contribution in [0.2, 0.25) is 0 Å². The molecule has 25 heavy (non-hydrogen) atoms. The van der Waals surface area contributed by atoms with Gasteiger partial charge in [0.1, 0.15) is 0 Å². The van der Waals surface area contributed by atoms with Gasteiger partial charge in [0.2, 0.25) is 0 Å². The molecule has 140 valence electrons. The van der Waals surface area contributed by atoms with Gasteiger partial charge in [0.15, 0.2) is 11.6 Å². The number of halogens is 1. The molecule has 0 aromatic heterocycles. The van der Waals surface area contributed by atoms with Gasteiger partial charge in [-0.25, -0.2) is 4.39 Å². The predicted molar refractivity (Wildman–Crippen MR) is 94.8 cm³/mol. The Morgan fingerprint density at radius 3 is 2.24 bits per heavy atom. The number of unbranched alkanes of at least 4 members (excludes halogenated alkanes) is 6. The molecule has 0 aliphatic heterocycles. The molecule has 0 N–H and O–H groups in total. The summed E-state index contributed by atoms with van der Waals surface area (Å²) in [7, 11) is 0.